The third kappa shape index (κ3) is 1.36. The molecule has 5 heteroatoms. The van der Waals surface area contributed by atoms with Gasteiger partial charge < -0.3 is 5.11 Å². The molecule has 66 valence electrons. The minimum Gasteiger partial charge on any atom is -0.393 e. The standard InChI is InChI=1S/C6H8Cl4O/c1-2-3(11)4-5(7,8)6(4,9)10/h3-4,11H,2H2,1H3. The van der Waals surface area contributed by atoms with Crippen molar-refractivity contribution in [2.24, 2.45) is 5.92 Å². The number of rotatable bonds is 2. The quantitative estimate of drug-likeness (QED) is 0.733. The van der Waals surface area contributed by atoms with Crippen LogP contribution in [0.2, 0.25) is 0 Å². The molecule has 1 N–H and O–H groups in total. The summed E-state index contributed by atoms with van der Waals surface area (Å²) in [5.74, 6) is -0.438. The Kier molecular flexibility index (Phi) is 2.61. The largest absolute Gasteiger partial charge is 0.393 e. The van der Waals surface area contributed by atoms with Gasteiger partial charge in [-0.15, -0.1) is 0 Å². The van der Waals surface area contributed by atoms with Gasteiger partial charge in [0.15, 0.2) is 8.67 Å². The lowest BCUT2D eigenvalue weighted by atomic mass is 10.2. The molecule has 0 bridgehead atoms. The number of hydrogen-bond donors (Lipinski definition) is 1. The van der Waals surface area contributed by atoms with E-state index in [1.54, 1.807) is 0 Å². The van der Waals surface area contributed by atoms with Crippen LogP contribution in [0.3, 0.4) is 0 Å². The molecule has 0 aromatic rings. The van der Waals surface area contributed by atoms with Crippen LogP contribution in [-0.2, 0) is 0 Å². The molecule has 0 aromatic carbocycles. The Balaban J connectivity index is 2.67. The summed E-state index contributed by atoms with van der Waals surface area (Å²) < 4.78 is -2.38. The molecule has 1 aliphatic rings. The second kappa shape index (κ2) is 2.81. The predicted octanol–water partition coefficient (Wildman–Crippen LogP) is 2.73. The summed E-state index contributed by atoms with van der Waals surface area (Å²) in [6.07, 6.45) is -0.0763. The summed E-state index contributed by atoms with van der Waals surface area (Å²) >= 11 is 22.9. The molecular formula is C6H8Cl4O. The molecule has 1 nitrogen and oxygen atoms in total. The van der Waals surface area contributed by atoms with Crippen LogP contribution >= 0.6 is 46.4 Å². The average molecular weight is 238 g/mol. The lowest BCUT2D eigenvalue weighted by molar-refractivity contribution is 0.145. The van der Waals surface area contributed by atoms with Crippen LogP contribution in [-0.4, -0.2) is 19.9 Å². The zero-order valence-corrected chi connectivity index (χ0v) is 8.84. The van der Waals surface area contributed by atoms with Crippen LogP contribution in [0.5, 0.6) is 0 Å². The first-order valence-corrected chi connectivity index (χ1v) is 4.80. The van der Waals surface area contributed by atoms with E-state index in [4.69, 9.17) is 46.4 Å². The van der Waals surface area contributed by atoms with E-state index >= 15 is 0 Å². The van der Waals surface area contributed by atoms with Crippen LogP contribution in [0.1, 0.15) is 13.3 Å². The van der Waals surface area contributed by atoms with Gasteiger partial charge in [0.1, 0.15) is 0 Å². The highest BCUT2D eigenvalue weighted by Gasteiger charge is 2.77. The van der Waals surface area contributed by atoms with Crippen molar-refractivity contribution < 1.29 is 5.11 Å². The maximum atomic E-state index is 9.33. The second-order valence-electron chi connectivity index (χ2n) is 2.70. The lowest BCUT2D eigenvalue weighted by Crippen LogP contribution is -2.12. The van der Waals surface area contributed by atoms with Gasteiger partial charge in [0.25, 0.3) is 0 Å². The van der Waals surface area contributed by atoms with Crippen LogP contribution in [0.15, 0.2) is 0 Å². The molecule has 0 radical (unpaired) electrons. The Morgan fingerprint density at radius 3 is 1.73 bits per heavy atom. The van der Waals surface area contributed by atoms with Gasteiger partial charge in [-0.3, -0.25) is 0 Å². The predicted molar refractivity (Wildman–Crippen MR) is 48.7 cm³/mol. The summed E-state index contributed by atoms with van der Waals surface area (Å²) in [6.45, 7) is 1.82. The third-order valence-corrected chi connectivity index (χ3v) is 4.47. The topological polar surface area (TPSA) is 20.2 Å². The Morgan fingerprint density at radius 1 is 1.27 bits per heavy atom. The molecule has 1 atom stereocenters. The van der Waals surface area contributed by atoms with Gasteiger partial charge in [0, 0.05) is 0 Å². The van der Waals surface area contributed by atoms with Crippen molar-refractivity contribution in [2.45, 2.75) is 28.1 Å². The first-order valence-electron chi connectivity index (χ1n) is 3.29. The second-order valence-corrected chi connectivity index (χ2v) is 5.47. The fourth-order valence-electron chi connectivity index (χ4n) is 1.08. The molecule has 1 saturated carbocycles. The monoisotopic (exact) mass is 236 g/mol. The van der Waals surface area contributed by atoms with Crippen molar-refractivity contribution in [3.8, 4) is 0 Å². The van der Waals surface area contributed by atoms with Crippen molar-refractivity contribution in [1.29, 1.82) is 0 Å². The number of aliphatic hydroxyl groups is 1. The fraction of sp³-hybridized carbons (Fsp3) is 1.00. The van der Waals surface area contributed by atoms with E-state index in [0.717, 1.165) is 0 Å². The Morgan fingerprint density at radius 2 is 1.64 bits per heavy atom. The van der Waals surface area contributed by atoms with E-state index in [9.17, 15) is 5.11 Å². The minimum absolute atomic E-state index is 0.438. The van der Waals surface area contributed by atoms with E-state index in [0.29, 0.717) is 6.42 Å². The SMILES string of the molecule is CCC(O)C1C(Cl)(Cl)C1(Cl)Cl. The molecule has 0 aliphatic heterocycles. The van der Waals surface area contributed by atoms with Crippen molar-refractivity contribution in [2.75, 3.05) is 0 Å². The molecule has 0 saturated heterocycles. The van der Waals surface area contributed by atoms with Gasteiger partial charge in [-0.1, -0.05) is 53.3 Å². The first-order chi connectivity index (χ1) is 4.85. The molecule has 0 aromatic heterocycles. The molecule has 1 fully saturated rings. The highest BCUT2D eigenvalue weighted by Crippen LogP contribution is 2.70. The molecule has 1 aliphatic carbocycles. The van der Waals surface area contributed by atoms with Crippen molar-refractivity contribution in [3.05, 3.63) is 0 Å². The Bertz CT molecular complexity index is 154. The summed E-state index contributed by atoms with van der Waals surface area (Å²) in [4.78, 5) is 0. The van der Waals surface area contributed by atoms with Crippen LogP contribution < -0.4 is 0 Å². The van der Waals surface area contributed by atoms with Gasteiger partial charge in [0.2, 0.25) is 0 Å². The van der Waals surface area contributed by atoms with E-state index < -0.39 is 20.7 Å². The fourth-order valence-corrected chi connectivity index (χ4v) is 2.80. The van der Waals surface area contributed by atoms with Crippen LogP contribution in [0, 0.1) is 5.92 Å². The molecule has 11 heavy (non-hydrogen) atoms. The Labute approximate surface area is 85.6 Å². The minimum atomic E-state index is -1.19. The Hall–Kier alpha value is 1.12. The molecule has 1 rings (SSSR count). The zero-order chi connectivity index (χ0) is 8.86. The van der Waals surface area contributed by atoms with Gasteiger partial charge in [-0.05, 0) is 6.42 Å². The maximum Gasteiger partial charge on any atom is 0.159 e. The summed E-state index contributed by atoms with van der Waals surface area (Å²) in [6, 6.07) is 0. The number of hydrogen-bond acceptors (Lipinski definition) is 1. The highest BCUT2D eigenvalue weighted by atomic mass is 35.5. The molecular weight excluding hydrogens is 230 g/mol. The summed E-state index contributed by atoms with van der Waals surface area (Å²) in [7, 11) is 0. The normalized spacial score (nSPS) is 30.0. The maximum absolute atomic E-state index is 9.33. The van der Waals surface area contributed by atoms with E-state index in [2.05, 4.69) is 0 Å². The van der Waals surface area contributed by atoms with E-state index in [-0.39, 0.29) is 0 Å². The summed E-state index contributed by atoms with van der Waals surface area (Å²) in [5.41, 5.74) is 0. The van der Waals surface area contributed by atoms with Crippen molar-refractivity contribution in [3.63, 3.8) is 0 Å². The van der Waals surface area contributed by atoms with Gasteiger partial charge in [-0.2, -0.15) is 0 Å². The number of aliphatic hydroxyl groups excluding tert-OH is 1. The third-order valence-electron chi connectivity index (χ3n) is 1.95. The number of halogens is 4. The molecule has 0 amide bonds. The molecule has 1 unspecified atom stereocenters. The average Bonchev–Trinajstić information content (AvgIpc) is 2.24. The molecule has 0 spiro atoms. The van der Waals surface area contributed by atoms with Gasteiger partial charge >= 0.3 is 0 Å². The van der Waals surface area contributed by atoms with Gasteiger partial charge in [-0.25, -0.2) is 0 Å². The van der Waals surface area contributed by atoms with E-state index in [1.165, 1.54) is 0 Å². The lowest BCUT2D eigenvalue weighted by Gasteiger charge is -2.05. The first kappa shape index (κ1) is 10.2. The van der Waals surface area contributed by atoms with Crippen LogP contribution in [0.4, 0.5) is 0 Å². The van der Waals surface area contributed by atoms with Gasteiger partial charge in [0.05, 0.1) is 12.0 Å². The van der Waals surface area contributed by atoms with Crippen LogP contribution in [0.25, 0.3) is 0 Å². The number of alkyl halides is 4. The van der Waals surface area contributed by atoms with Crippen molar-refractivity contribution in [1.82, 2.24) is 0 Å². The molecule has 0 heterocycles. The smallest absolute Gasteiger partial charge is 0.159 e. The highest BCUT2D eigenvalue weighted by molar-refractivity contribution is 6.68. The summed E-state index contributed by atoms with van der Waals surface area (Å²) in [5, 5.41) is 9.33. The zero-order valence-electron chi connectivity index (χ0n) is 5.82. The van der Waals surface area contributed by atoms with E-state index in [1.807, 2.05) is 6.92 Å². The van der Waals surface area contributed by atoms with Crippen molar-refractivity contribution >= 4 is 46.4 Å².